The molecule has 0 spiro atoms. The normalized spacial score (nSPS) is 15.0. The van der Waals surface area contributed by atoms with Crippen LogP contribution in [0.25, 0.3) is 21.8 Å². The van der Waals surface area contributed by atoms with Crippen molar-refractivity contribution in [3.63, 3.8) is 0 Å². The summed E-state index contributed by atoms with van der Waals surface area (Å²) in [6.07, 6.45) is 10.5. The summed E-state index contributed by atoms with van der Waals surface area (Å²) in [6.45, 7) is 23.8. The van der Waals surface area contributed by atoms with Crippen molar-refractivity contribution < 1.29 is 24.1 Å². The average molecular weight is 1110 g/mol. The third kappa shape index (κ3) is 15.7. The predicted octanol–water partition coefficient (Wildman–Crippen LogP) is 19.1. The van der Waals surface area contributed by atoms with E-state index in [2.05, 4.69) is 187 Å². The van der Waals surface area contributed by atoms with Crippen LogP contribution < -0.4 is 14.2 Å². The Morgan fingerprint density at radius 2 is 1.10 bits per heavy atom. The number of nitrogens with one attached hydrogen (secondary N) is 1. The zero-order chi connectivity index (χ0) is 59.0. The summed E-state index contributed by atoms with van der Waals surface area (Å²) in [7, 11) is 1.70. The Morgan fingerprint density at radius 3 is 1.73 bits per heavy atom. The van der Waals surface area contributed by atoms with Gasteiger partial charge in [-0.3, -0.25) is 19.8 Å². The molecule has 2 N–H and O–H groups in total. The second-order valence-corrected chi connectivity index (χ2v) is 23.1. The van der Waals surface area contributed by atoms with Gasteiger partial charge in [-0.1, -0.05) is 178 Å². The van der Waals surface area contributed by atoms with E-state index in [1.54, 1.807) is 7.11 Å². The van der Waals surface area contributed by atoms with Gasteiger partial charge in [-0.05, 0) is 123 Å². The molecule has 0 fully saturated rings. The fraction of sp³-hybridized carbons (Fsp3) is 0.315. The van der Waals surface area contributed by atoms with Crippen LogP contribution in [-0.2, 0) is 24.6 Å². The molecule has 10 heteroatoms. The van der Waals surface area contributed by atoms with Crippen LogP contribution in [0.2, 0.25) is 0 Å². The van der Waals surface area contributed by atoms with E-state index < -0.39 is 5.97 Å². The highest BCUT2D eigenvalue weighted by molar-refractivity contribution is 5.87. The average Bonchev–Trinajstić information content (AvgIpc) is 4.52. The van der Waals surface area contributed by atoms with Crippen molar-refractivity contribution >= 4 is 63.5 Å². The second kappa shape index (κ2) is 29.0. The van der Waals surface area contributed by atoms with Crippen molar-refractivity contribution in [2.24, 2.45) is 32.7 Å². The van der Waals surface area contributed by atoms with Gasteiger partial charge >= 0.3 is 5.97 Å². The lowest BCUT2D eigenvalue weighted by Gasteiger charge is -2.14. The number of carboxylic acids is 1. The zero-order valence-electron chi connectivity index (χ0n) is 50.3. The first-order chi connectivity index (χ1) is 40.1. The molecule has 3 aliphatic heterocycles. The number of aromatic nitrogens is 2. The maximum atomic E-state index is 10.6. The van der Waals surface area contributed by atoms with Gasteiger partial charge in [0.1, 0.15) is 36.1 Å². The molecule has 0 saturated heterocycles. The third-order valence-corrected chi connectivity index (χ3v) is 15.3. The number of aliphatic carboxylic acids is 1. The van der Waals surface area contributed by atoms with Crippen molar-refractivity contribution in [1.82, 2.24) is 9.55 Å². The minimum Gasteiger partial charge on any atom is -0.497 e. The van der Waals surface area contributed by atoms with Crippen LogP contribution >= 0.6 is 0 Å². The maximum Gasteiger partial charge on any atom is 0.305 e. The van der Waals surface area contributed by atoms with Crippen molar-refractivity contribution in [2.75, 3.05) is 7.11 Å². The van der Waals surface area contributed by atoms with Gasteiger partial charge in [0, 0.05) is 77.1 Å². The minimum absolute atomic E-state index is 0.163. The van der Waals surface area contributed by atoms with Gasteiger partial charge in [-0.15, -0.1) is 0 Å². The number of hydrogen-bond acceptors (Lipinski definition) is 7. The first kappa shape index (κ1) is 60.6. The van der Waals surface area contributed by atoms with Gasteiger partial charge in [0.15, 0.2) is 0 Å². The number of nitrogens with zero attached hydrogens (tertiary/aromatic N) is 4. The third-order valence-electron chi connectivity index (χ3n) is 15.3. The number of aliphatic imine (C=N–C) groups is 3. The first-order valence-corrected chi connectivity index (χ1v) is 29.4. The number of H-pyrrole nitrogens is 1. The van der Waals surface area contributed by atoms with Crippen molar-refractivity contribution in [1.29, 1.82) is 0 Å². The van der Waals surface area contributed by atoms with E-state index in [0.717, 1.165) is 39.8 Å². The van der Waals surface area contributed by atoms with Gasteiger partial charge < -0.3 is 28.9 Å². The molecule has 0 bridgehead atoms. The Hall–Kier alpha value is -8.50. The second-order valence-electron chi connectivity index (χ2n) is 23.1. The quantitative estimate of drug-likeness (QED) is 0.106. The number of ether oxygens (including phenoxy) is 3. The number of carboxylic acid groups (broad SMARTS) is 1. The lowest BCUT2D eigenvalue weighted by Crippen LogP contribution is -2.04. The van der Waals surface area contributed by atoms with Crippen LogP contribution in [0.3, 0.4) is 0 Å². The smallest absolute Gasteiger partial charge is 0.305 e. The summed E-state index contributed by atoms with van der Waals surface area (Å²) in [5.74, 6) is 6.10. The Balaban J connectivity index is 0.000000137. The molecule has 10 nitrogen and oxygen atoms in total. The van der Waals surface area contributed by atoms with Crippen molar-refractivity contribution in [3.05, 3.63) is 215 Å². The molecular formula is C73H83N5O5. The summed E-state index contributed by atoms with van der Waals surface area (Å²) < 4.78 is 19.1. The molecule has 2 aromatic heterocycles. The van der Waals surface area contributed by atoms with Crippen LogP contribution in [0.5, 0.6) is 17.2 Å². The number of benzene rings is 7. The number of rotatable bonds is 15. The molecule has 12 rings (SSSR count). The van der Waals surface area contributed by atoms with E-state index in [0.29, 0.717) is 67.1 Å². The fourth-order valence-electron chi connectivity index (χ4n) is 10.6. The molecule has 83 heavy (non-hydrogen) atoms. The van der Waals surface area contributed by atoms with E-state index in [4.69, 9.17) is 19.3 Å². The number of para-hydroxylation sites is 3. The summed E-state index contributed by atoms with van der Waals surface area (Å²) >= 11 is 0. The number of fused-ring (bicyclic) bond motifs is 5. The molecule has 7 aromatic carbocycles. The lowest BCUT2D eigenvalue weighted by molar-refractivity contribution is -0.137. The Kier molecular flexibility index (Phi) is 21.1. The minimum atomic E-state index is -0.756. The highest BCUT2D eigenvalue weighted by Crippen LogP contribution is 2.43. The van der Waals surface area contributed by atoms with E-state index in [1.165, 1.54) is 55.2 Å². The summed E-state index contributed by atoms with van der Waals surface area (Å²) in [4.78, 5) is 27.3. The molecule has 0 radical (unpaired) electrons. The number of carbonyl (C=O) groups is 1. The van der Waals surface area contributed by atoms with E-state index in [9.17, 15) is 4.79 Å². The van der Waals surface area contributed by atoms with Gasteiger partial charge in [0.25, 0.3) is 0 Å². The highest BCUT2D eigenvalue weighted by Gasteiger charge is 2.25. The number of aryl methyl sites for hydroxylation is 1. The fourth-order valence-corrected chi connectivity index (χ4v) is 10.6. The SMILES string of the molecule is CC(C)C1C=Nc2c(OCc3ccccc3)cccc21.CC(C)C1C=Nc2ccccc21.CC(C)c1c[nH]c2ccc(OCc3ccccc3)cc12.CC(C)c1cn(CCC(=O)O)c2ccccc12.COc1ccc2c(c1)C(C(C)C)C=N2. The Labute approximate surface area is 492 Å². The number of methoxy groups -OCH3 is 1. The Morgan fingerprint density at radius 1 is 0.542 bits per heavy atom. The molecule has 3 atom stereocenters. The zero-order valence-corrected chi connectivity index (χ0v) is 50.3. The van der Waals surface area contributed by atoms with Crippen molar-refractivity contribution in [3.8, 4) is 17.2 Å². The molecule has 0 saturated carbocycles. The molecule has 430 valence electrons. The van der Waals surface area contributed by atoms with Crippen LogP contribution in [0.1, 0.15) is 144 Å². The van der Waals surface area contributed by atoms with E-state index in [1.807, 2.05) is 102 Å². The van der Waals surface area contributed by atoms with Gasteiger partial charge in [0.05, 0.1) is 24.9 Å². The highest BCUT2D eigenvalue weighted by atomic mass is 16.5. The maximum absolute atomic E-state index is 10.6. The van der Waals surface area contributed by atoms with Gasteiger partial charge in [-0.2, -0.15) is 0 Å². The van der Waals surface area contributed by atoms with Gasteiger partial charge in [0.2, 0.25) is 0 Å². The molecule has 9 aromatic rings. The van der Waals surface area contributed by atoms with Crippen LogP contribution in [0.15, 0.2) is 191 Å². The van der Waals surface area contributed by atoms with Gasteiger partial charge in [-0.25, -0.2) is 0 Å². The Bertz CT molecular complexity index is 3630. The molecule has 3 aliphatic rings. The number of aromatic amines is 1. The number of hydrogen-bond donors (Lipinski definition) is 2. The van der Waals surface area contributed by atoms with Crippen LogP contribution in [0.4, 0.5) is 17.1 Å². The summed E-state index contributed by atoms with van der Waals surface area (Å²) in [5.41, 5.74) is 14.5. The summed E-state index contributed by atoms with van der Waals surface area (Å²) in [6, 6.07) is 55.5. The van der Waals surface area contributed by atoms with E-state index >= 15 is 0 Å². The molecule has 0 amide bonds. The standard InChI is InChI=1S/2C18H19NO.C14H17NO2.C12H15NO.C11H13N/c1-13(2)16-11-19-18-15(16)9-6-10-17(18)20-12-14-7-4-3-5-8-14;1-13(2)17-11-19-18-9-8-15(10-16(17)18)20-12-14-6-4-3-5-7-14;1-10(2)12-9-15(8-7-14(16)17)13-6-4-3-5-11(12)13;1-8(2)11-7-13-12-5-4-9(14-3)6-10(11)12;1-8(2)10-7-12-11-6-4-3-5-9(10)11/h3-11,13,16H,12H2,1-2H3;3-11,13,19H,12H2,1-2H3;3-6,9-10H,7-8H2,1-2H3,(H,16,17);4-8,11H,1-3H3;3-8,10H,1-2H3. The largest absolute Gasteiger partial charge is 0.497 e. The van der Waals surface area contributed by atoms with E-state index in [-0.39, 0.29) is 6.42 Å². The monoisotopic (exact) mass is 1110 g/mol. The topological polar surface area (TPSA) is 123 Å². The predicted molar refractivity (Wildman–Crippen MR) is 345 cm³/mol. The van der Waals surface area contributed by atoms with Crippen LogP contribution in [-0.4, -0.2) is 46.4 Å². The van der Waals surface area contributed by atoms with Crippen molar-refractivity contribution in [2.45, 2.75) is 125 Å². The molecule has 3 unspecified atom stereocenters. The van der Waals surface area contributed by atoms with Crippen LogP contribution in [0, 0.1) is 17.8 Å². The first-order valence-electron chi connectivity index (χ1n) is 29.4. The molecule has 5 heterocycles. The molecular weight excluding hydrogens is 1030 g/mol. The summed E-state index contributed by atoms with van der Waals surface area (Å²) in [5, 5.41) is 11.2. The molecule has 0 aliphatic carbocycles. The lowest BCUT2D eigenvalue weighted by atomic mass is 9.90.